The van der Waals surface area contributed by atoms with Crippen LogP contribution >= 0.6 is 11.6 Å². The molecule has 0 aliphatic carbocycles. The second kappa shape index (κ2) is 11.0. The van der Waals surface area contributed by atoms with Gasteiger partial charge in [-0.1, -0.05) is 41.9 Å². The van der Waals surface area contributed by atoms with Gasteiger partial charge in [0, 0.05) is 43.3 Å². The number of halogens is 1. The molecule has 1 fully saturated rings. The summed E-state index contributed by atoms with van der Waals surface area (Å²) in [6, 6.07) is 15.5. The molecule has 7 heteroatoms. The van der Waals surface area contributed by atoms with Gasteiger partial charge >= 0.3 is 0 Å². The fraction of sp³-hybridized carbons (Fsp3) is 0.364. The van der Waals surface area contributed by atoms with Gasteiger partial charge in [0.25, 0.3) is 5.91 Å². The number of nitrogens with zero attached hydrogens (tertiary/aromatic N) is 3. The molecule has 0 spiro atoms. The van der Waals surface area contributed by atoms with Crippen LogP contribution in [0.3, 0.4) is 0 Å². The van der Waals surface area contributed by atoms with Gasteiger partial charge in [-0.15, -0.1) is 0 Å². The van der Waals surface area contributed by atoms with Crippen molar-refractivity contribution in [2.75, 3.05) is 39.3 Å². The third-order valence-electron chi connectivity index (χ3n) is 4.80. The number of carbonyl (C=O) groups is 1. The number of hydrogen-bond donors (Lipinski definition) is 1. The number of hydrogen-bond acceptors (Lipinski definition) is 5. The Morgan fingerprint density at radius 2 is 1.79 bits per heavy atom. The topological polar surface area (TPSA) is 57.2 Å². The first kappa shape index (κ1) is 21.3. The molecular weight excluding hydrogens is 388 g/mol. The molecule has 2 aromatic rings. The molecule has 0 radical (unpaired) electrons. The maximum Gasteiger partial charge on any atom is 0.254 e. The largest absolute Gasteiger partial charge is 0.493 e. The molecule has 1 N–H and O–H groups in total. The lowest BCUT2D eigenvalue weighted by Crippen LogP contribution is -2.48. The zero-order valence-electron chi connectivity index (χ0n) is 16.7. The van der Waals surface area contributed by atoms with Crippen molar-refractivity contribution in [2.24, 2.45) is 5.10 Å². The standard InChI is InChI=1S/C22H27ClN4O2/c1-2-29-21-10-6-4-7-18(21)15-24-25-22(28)17-27-13-11-26(12-14-27)16-19-8-3-5-9-20(19)23/h3-10,15H,2,11-14,16-17H2,1H3,(H,25,28). The lowest BCUT2D eigenvalue weighted by Gasteiger charge is -2.34. The van der Waals surface area contributed by atoms with E-state index < -0.39 is 0 Å². The Morgan fingerprint density at radius 3 is 2.55 bits per heavy atom. The van der Waals surface area contributed by atoms with Crippen LogP contribution in [0, 0.1) is 0 Å². The van der Waals surface area contributed by atoms with E-state index in [1.165, 1.54) is 0 Å². The number of rotatable bonds is 8. The molecule has 0 unspecified atom stereocenters. The van der Waals surface area contributed by atoms with Gasteiger partial charge in [-0.25, -0.2) is 5.43 Å². The van der Waals surface area contributed by atoms with E-state index in [4.69, 9.17) is 16.3 Å². The third-order valence-corrected chi connectivity index (χ3v) is 5.16. The van der Waals surface area contributed by atoms with Crippen molar-refractivity contribution >= 4 is 23.7 Å². The van der Waals surface area contributed by atoms with E-state index >= 15 is 0 Å². The quantitative estimate of drug-likeness (QED) is 0.533. The summed E-state index contributed by atoms with van der Waals surface area (Å²) in [7, 11) is 0. The van der Waals surface area contributed by atoms with Crippen LogP contribution in [0.25, 0.3) is 0 Å². The van der Waals surface area contributed by atoms with E-state index in [-0.39, 0.29) is 5.91 Å². The van der Waals surface area contributed by atoms with Gasteiger partial charge in [0.15, 0.2) is 0 Å². The Hall–Kier alpha value is -2.41. The van der Waals surface area contributed by atoms with Crippen LogP contribution in [0.1, 0.15) is 18.1 Å². The fourth-order valence-corrected chi connectivity index (χ4v) is 3.45. The van der Waals surface area contributed by atoms with Crippen LogP contribution in [0.15, 0.2) is 53.6 Å². The van der Waals surface area contributed by atoms with Gasteiger partial charge in [0.1, 0.15) is 5.75 Å². The van der Waals surface area contributed by atoms with Gasteiger partial charge in [-0.05, 0) is 30.7 Å². The van der Waals surface area contributed by atoms with Gasteiger partial charge in [-0.3, -0.25) is 14.6 Å². The average molecular weight is 415 g/mol. The molecule has 1 amide bonds. The highest BCUT2D eigenvalue weighted by molar-refractivity contribution is 6.31. The van der Waals surface area contributed by atoms with Crippen LogP contribution in [0.5, 0.6) is 5.75 Å². The van der Waals surface area contributed by atoms with Crippen molar-refractivity contribution in [3.05, 3.63) is 64.7 Å². The lowest BCUT2D eigenvalue weighted by atomic mass is 10.2. The van der Waals surface area contributed by atoms with Crippen LogP contribution in [0.2, 0.25) is 5.02 Å². The summed E-state index contributed by atoms with van der Waals surface area (Å²) in [6.07, 6.45) is 1.62. The molecule has 0 bridgehead atoms. The predicted molar refractivity (Wildman–Crippen MR) is 117 cm³/mol. The molecule has 1 saturated heterocycles. The van der Waals surface area contributed by atoms with Crippen LogP contribution in [-0.4, -0.2) is 61.3 Å². The number of amides is 1. The van der Waals surface area contributed by atoms with Crippen molar-refractivity contribution in [2.45, 2.75) is 13.5 Å². The summed E-state index contributed by atoms with van der Waals surface area (Å²) >= 11 is 6.25. The maximum atomic E-state index is 12.2. The van der Waals surface area contributed by atoms with Gasteiger partial charge in [0.05, 0.1) is 19.4 Å². The number of para-hydroxylation sites is 1. The molecule has 3 rings (SSSR count). The Kier molecular flexibility index (Phi) is 8.04. The van der Waals surface area contributed by atoms with Crippen LogP contribution < -0.4 is 10.2 Å². The van der Waals surface area contributed by atoms with E-state index in [0.29, 0.717) is 13.2 Å². The monoisotopic (exact) mass is 414 g/mol. The highest BCUT2D eigenvalue weighted by Gasteiger charge is 2.19. The average Bonchev–Trinajstić information content (AvgIpc) is 2.73. The number of carbonyl (C=O) groups excluding carboxylic acids is 1. The maximum absolute atomic E-state index is 12.2. The molecular formula is C22H27ClN4O2. The summed E-state index contributed by atoms with van der Waals surface area (Å²) in [5.74, 6) is 0.636. The Bertz CT molecular complexity index is 835. The lowest BCUT2D eigenvalue weighted by molar-refractivity contribution is -0.122. The second-order valence-electron chi connectivity index (χ2n) is 6.91. The molecule has 0 saturated carbocycles. The number of piperazine rings is 1. The van der Waals surface area contributed by atoms with Crippen molar-refractivity contribution in [1.29, 1.82) is 0 Å². The Morgan fingerprint density at radius 1 is 1.10 bits per heavy atom. The molecule has 0 atom stereocenters. The van der Waals surface area contributed by atoms with E-state index in [0.717, 1.165) is 54.6 Å². The van der Waals surface area contributed by atoms with Gasteiger partial charge in [0.2, 0.25) is 0 Å². The minimum Gasteiger partial charge on any atom is -0.493 e. The number of ether oxygens (including phenoxy) is 1. The first-order valence-electron chi connectivity index (χ1n) is 9.87. The van der Waals surface area contributed by atoms with E-state index in [1.807, 2.05) is 49.4 Å². The highest BCUT2D eigenvalue weighted by atomic mass is 35.5. The molecule has 0 aromatic heterocycles. The SMILES string of the molecule is CCOc1ccccc1C=NNC(=O)CN1CCN(Cc2ccccc2Cl)CC1. The highest BCUT2D eigenvalue weighted by Crippen LogP contribution is 2.18. The smallest absolute Gasteiger partial charge is 0.254 e. The van der Waals surface area contributed by atoms with Gasteiger partial charge in [-0.2, -0.15) is 5.10 Å². The van der Waals surface area contributed by atoms with E-state index in [2.05, 4.69) is 26.4 Å². The number of nitrogens with one attached hydrogen (secondary N) is 1. The number of benzene rings is 2. The normalized spacial score (nSPS) is 15.5. The van der Waals surface area contributed by atoms with Crippen molar-refractivity contribution in [3.8, 4) is 5.75 Å². The fourth-order valence-electron chi connectivity index (χ4n) is 3.26. The zero-order valence-corrected chi connectivity index (χ0v) is 17.4. The number of hydrazone groups is 1. The summed E-state index contributed by atoms with van der Waals surface area (Å²) in [4.78, 5) is 16.7. The Balaban J connectivity index is 1.41. The van der Waals surface area contributed by atoms with E-state index in [9.17, 15) is 4.79 Å². The van der Waals surface area contributed by atoms with Crippen molar-refractivity contribution in [1.82, 2.24) is 15.2 Å². The second-order valence-corrected chi connectivity index (χ2v) is 7.31. The van der Waals surface area contributed by atoms with Crippen molar-refractivity contribution < 1.29 is 9.53 Å². The molecule has 1 heterocycles. The van der Waals surface area contributed by atoms with Crippen LogP contribution in [-0.2, 0) is 11.3 Å². The summed E-state index contributed by atoms with van der Waals surface area (Å²) < 4.78 is 5.55. The summed E-state index contributed by atoms with van der Waals surface area (Å²) in [5, 5.41) is 4.88. The molecule has 1 aliphatic heterocycles. The first-order valence-corrected chi connectivity index (χ1v) is 10.3. The first-order chi connectivity index (χ1) is 14.2. The summed E-state index contributed by atoms with van der Waals surface area (Å²) in [6.45, 7) is 7.19. The minimum atomic E-state index is -0.116. The predicted octanol–water partition coefficient (Wildman–Crippen LogP) is 3.01. The van der Waals surface area contributed by atoms with E-state index in [1.54, 1.807) is 6.21 Å². The molecule has 154 valence electrons. The van der Waals surface area contributed by atoms with Crippen molar-refractivity contribution in [3.63, 3.8) is 0 Å². The van der Waals surface area contributed by atoms with Gasteiger partial charge < -0.3 is 4.74 Å². The molecule has 2 aromatic carbocycles. The third kappa shape index (κ3) is 6.56. The zero-order chi connectivity index (χ0) is 20.5. The molecule has 6 nitrogen and oxygen atoms in total. The Labute approximate surface area is 177 Å². The molecule has 29 heavy (non-hydrogen) atoms. The van der Waals surface area contributed by atoms with Crippen LogP contribution in [0.4, 0.5) is 0 Å². The minimum absolute atomic E-state index is 0.116. The molecule has 1 aliphatic rings. The summed E-state index contributed by atoms with van der Waals surface area (Å²) in [5.41, 5.74) is 4.59.